The van der Waals surface area contributed by atoms with Gasteiger partial charge in [-0.25, -0.2) is 18.2 Å². The number of hydrogen-bond donors (Lipinski definition) is 2. The summed E-state index contributed by atoms with van der Waals surface area (Å²) in [7, 11) is -3.83. The second-order valence-corrected chi connectivity index (χ2v) is 8.70. The number of nitrogens with two attached hydrogens (primary N) is 1. The third kappa shape index (κ3) is 3.54. The van der Waals surface area contributed by atoms with E-state index < -0.39 is 21.4 Å². The van der Waals surface area contributed by atoms with E-state index in [0.29, 0.717) is 11.4 Å². The first-order valence-corrected chi connectivity index (χ1v) is 10.2. The second-order valence-electron chi connectivity index (χ2n) is 6.76. The lowest BCUT2D eigenvalue weighted by atomic mass is 9.89. The van der Waals surface area contributed by atoms with Gasteiger partial charge in [-0.05, 0) is 38.1 Å². The zero-order valence-corrected chi connectivity index (χ0v) is 16.7. The summed E-state index contributed by atoms with van der Waals surface area (Å²) in [6, 6.07) is 14.9. The number of carbonyl (C=O) groups is 1. The van der Waals surface area contributed by atoms with Gasteiger partial charge in [-0.1, -0.05) is 41.9 Å². The molecule has 0 bridgehead atoms. The van der Waals surface area contributed by atoms with Gasteiger partial charge in [0.1, 0.15) is 5.41 Å². The highest BCUT2D eigenvalue weighted by Crippen LogP contribution is 2.38. The predicted molar refractivity (Wildman–Crippen MR) is 106 cm³/mol. The third-order valence-electron chi connectivity index (χ3n) is 4.41. The topological polar surface area (TPSA) is 115 Å². The molecule has 2 aromatic carbocycles. The van der Waals surface area contributed by atoms with Crippen LogP contribution in [0.25, 0.3) is 16.9 Å². The minimum atomic E-state index is -3.83. The molecule has 3 aromatic rings. The minimum Gasteiger partial charge on any atom is -0.481 e. The van der Waals surface area contributed by atoms with Crippen molar-refractivity contribution in [3.05, 3.63) is 65.3 Å². The fourth-order valence-corrected chi connectivity index (χ4v) is 3.69. The summed E-state index contributed by atoms with van der Waals surface area (Å²) in [6.07, 6.45) is 0. The monoisotopic (exact) mass is 419 g/mol. The number of hydrogen-bond acceptors (Lipinski definition) is 4. The van der Waals surface area contributed by atoms with Crippen molar-refractivity contribution in [2.75, 3.05) is 0 Å². The van der Waals surface area contributed by atoms with Crippen LogP contribution in [0.1, 0.15) is 19.5 Å². The quantitative estimate of drug-likeness (QED) is 0.658. The van der Waals surface area contributed by atoms with Crippen molar-refractivity contribution in [2.45, 2.75) is 24.2 Å². The highest BCUT2D eigenvalue weighted by Gasteiger charge is 2.37. The Hall–Kier alpha value is -2.68. The SMILES string of the molecule is CC(C)(C(=O)O)c1nn(-c2ccc(S(N)(=O)=O)cc2)c(-c2ccccc2)c1Cl. The molecule has 0 amide bonds. The molecule has 3 N–H and O–H groups in total. The van der Waals surface area contributed by atoms with Gasteiger partial charge >= 0.3 is 5.97 Å². The zero-order valence-electron chi connectivity index (χ0n) is 15.1. The van der Waals surface area contributed by atoms with Crippen LogP contribution in [-0.2, 0) is 20.2 Å². The van der Waals surface area contributed by atoms with Crippen LogP contribution in [0, 0.1) is 0 Å². The van der Waals surface area contributed by atoms with E-state index >= 15 is 0 Å². The van der Waals surface area contributed by atoms with Crippen molar-refractivity contribution in [3.8, 4) is 16.9 Å². The first kappa shape index (κ1) is 20.1. The molecule has 0 saturated carbocycles. The van der Waals surface area contributed by atoms with Gasteiger partial charge in [-0.2, -0.15) is 5.10 Å². The standard InChI is InChI=1S/C19H18ClN3O4S/c1-19(2,18(24)25)17-15(20)16(12-6-4-3-5-7-12)23(22-17)13-8-10-14(11-9-13)28(21,26)27/h3-11H,1-2H3,(H,24,25)(H2,21,26,27). The molecule has 1 aromatic heterocycles. The highest BCUT2D eigenvalue weighted by atomic mass is 35.5. The zero-order chi connectivity index (χ0) is 20.7. The maximum atomic E-state index is 11.7. The molecule has 0 spiro atoms. The number of rotatable bonds is 5. The molecule has 0 radical (unpaired) electrons. The maximum absolute atomic E-state index is 11.7. The number of carboxylic acids is 1. The van der Waals surface area contributed by atoms with Gasteiger partial charge in [0.05, 0.1) is 27.0 Å². The van der Waals surface area contributed by atoms with Crippen LogP contribution in [0.2, 0.25) is 5.02 Å². The van der Waals surface area contributed by atoms with Gasteiger partial charge in [0.25, 0.3) is 0 Å². The van der Waals surface area contributed by atoms with Gasteiger partial charge in [-0.15, -0.1) is 0 Å². The number of nitrogens with zero attached hydrogens (tertiary/aromatic N) is 2. The molecule has 0 fully saturated rings. The number of aromatic nitrogens is 2. The van der Waals surface area contributed by atoms with Crippen molar-refractivity contribution in [2.24, 2.45) is 5.14 Å². The van der Waals surface area contributed by atoms with E-state index in [4.69, 9.17) is 16.7 Å². The number of sulfonamides is 1. The van der Waals surface area contributed by atoms with Crippen LogP contribution in [-0.4, -0.2) is 29.3 Å². The van der Waals surface area contributed by atoms with Gasteiger partial charge in [0.15, 0.2) is 0 Å². The Morgan fingerprint density at radius 1 is 1.11 bits per heavy atom. The Morgan fingerprint density at radius 3 is 2.18 bits per heavy atom. The van der Waals surface area contributed by atoms with Crippen LogP contribution < -0.4 is 5.14 Å². The van der Waals surface area contributed by atoms with Crippen molar-refractivity contribution in [1.82, 2.24) is 9.78 Å². The maximum Gasteiger partial charge on any atom is 0.315 e. The lowest BCUT2D eigenvalue weighted by Crippen LogP contribution is -2.29. The molecular formula is C19H18ClN3O4S. The van der Waals surface area contributed by atoms with E-state index in [1.165, 1.54) is 42.8 Å². The van der Waals surface area contributed by atoms with Crippen LogP contribution in [0.15, 0.2) is 59.5 Å². The predicted octanol–water partition coefficient (Wildman–Crippen LogP) is 3.20. The summed E-state index contributed by atoms with van der Waals surface area (Å²) in [4.78, 5) is 11.7. The van der Waals surface area contributed by atoms with E-state index in [1.54, 1.807) is 0 Å². The molecule has 0 aliphatic carbocycles. The Bertz CT molecular complexity index is 1140. The Kier molecular flexibility index (Phi) is 5.05. The summed E-state index contributed by atoms with van der Waals surface area (Å²) in [5, 5.41) is 19.4. The fourth-order valence-electron chi connectivity index (χ4n) is 2.71. The van der Waals surface area contributed by atoms with E-state index in [9.17, 15) is 18.3 Å². The highest BCUT2D eigenvalue weighted by molar-refractivity contribution is 7.89. The molecule has 0 atom stereocenters. The molecule has 0 saturated heterocycles. The van der Waals surface area contributed by atoms with Gasteiger partial charge in [0.2, 0.25) is 10.0 Å². The van der Waals surface area contributed by atoms with Gasteiger partial charge in [0, 0.05) is 5.56 Å². The third-order valence-corrected chi connectivity index (χ3v) is 5.70. The number of halogens is 1. The summed E-state index contributed by atoms with van der Waals surface area (Å²) in [6.45, 7) is 3.04. The lowest BCUT2D eigenvalue weighted by molar-refractivity contribution is -0.142. The molecule has 1 heterocycles. The smallest absolute Gasteiger partial charge is 0.315 e. The van der Waals surface area contributed by atoms with Crippen molar-refractivity contribution in [1.29, 1.82) is 0 Å². The van der Waals surface area contributed by atoms with Crippen molar-refractivity contribution < 1.29 is 18.3 Å². The molecular weight excluding hydrogens is 402 g/mol. The molecule has 28 heavy (non-hydrogen) atoms. The fraction of sp³-hybridized carbons (Fsp3) is 0.158. The molecule has 3 rings (SSSR count). The average Bonchev–Trinajstić information content (AvgIpc) is 2.99. The van der Waals surface area contributed by atoms with Crippen LogP contribution in [0.4, 0.5) is 0 Å². The van der Waals surface area contributed by atoms with Crippen molar-refractivity contribution >= 4 is 27.6 Å². The first-order chi connectivity index (χ1) is 13.0. The largest absolute Gasteiger partial charge is 0.481 e. The van der Waals surface area contributed by atoms with Crippen LogP contribution in [0.5, 0.6) is 0 Å². The van der Waals surface area contributed by atoms with E-state index in [0.717, 1.165) is 5.56 Å². The first-order valence-electron chi connectivity index (χ1n) is 8.24. The molecule has 0 aliphatic rings. The van der Waals surface area contributed by atoms with Gasteiger partial charge in [-0.3, -0.25) is 4.79 Å². The van der Waals surface area contributed by atoms with Crippen molar-refractivity contribution in [3.63, 3.8) is 0 Å². The Labute approximate surface area is 167 Å². The molecule has 9 heteroatoms. The molecule has 146 valence electrons. The summed E-state index contributed by atoms with van der Waals surface area (Å²) >= 11 is 6.58. The number of carboxylic acid groups (broad SMARTS) is 1. The van der Waals surface area contributed by atoms with E-state index in [1.807, 2.05) is 30.3 Å². The van der Waals surface area contributed by atoms with Crippen LogP contribution >= 0.6 is 11.6 Å². The summed E-state index contributed by atoms with van der Waals surface area (Å²) < 4.78 is 24.5. The minimum absolute atomic E-state index is 0.0400. The van der Waals surface area contributed by atoms with Crippen LogP contribution in [0.3, 0.4) is 0 Å². The summed E-state index contributed by atoms with van der Waals surface area (Å²) in [5.74, 6) is -1.07. The number of primary sulfonamides is 1. The van der Waals surface area contributed by atoms with E-state index in [-0.39, 0.29) is 15.6 Å². The van der Waals surface area contributed by atoms with E-state index in [2.05, 4.69) is 5.10 Å². The number of benzene rings is 2. The lowest BCUT2D eigenvalue weighted by Gasteiger charge is -2.16. The molecule has 7 nitrogen and oxygen atoms in total. The molecule has 0 aliphatic heterocycles. The Morgan fingerprint density at radius 2 is 1.68 bits per heavy atom. The second kappa shape index (κ2) is 7.05. The number of aliphatic carboxylic acids is 1. The average molecular weight is 420 g/mol. The summed E-state index contributed by atoms with van der Waals surface area (Å²) in [5.41, 5.74) is 0.640. The Balaban J connectivity index is 2.27. The molecule has 0 unspecified atom stereocenters. The van der Waals surface area contributed by atoms with Gasteiger partial charge < -0.3 is 5.11 Å². The normalized spacial score (nSPS) is 12.1.